The molecule has 2 aliphatic rings. The summed E-state index contributed by atoms with van der Waals surface area (Å²) in [5.41, 5.74) is 2.54. The fraction of sp³-hybridized carbons (Fsp3) is 0.192. The van der Waals surface area contributed by atoms with Gasteiger partial charge in [-0.05, 0) is 36.4 Å². The molecule has 0 aliphatic carbocycles. The first-order chi connectivity index (χ1) is 16.3. The summed E-state index contributed by atoms with van der Waals surface area (Å²) < 4.78 is 11.4. The van der Waals surface area contributed by atoms with Gasteiger partial charge in [0.2, 0.25) is 5.91 Å². The Morgan fingerprint density at radius 3 is 2.09 bits per heavy atom. The van der Waals surface area contributed by atoms with E-state index in [9.17, 15) is 4.79 Å². The highest BCUT2D eigenvalue weighted by Crippen LogP contribution is 2.44. The Labute approximate surface area is 191 Å². The first-order valence-electron chi connectivity index (χ1n) is 11.0. The Kier molecular flexibility index (Phi) is 4.79. The summed E-state index contributed by atoms with van der Waals surface area (Å²) in [5.74, 6) is 2.75. The van der Waals surface area contributed by atoms with Crippen molar-refractivity contribution in [2.24, 2.45) is 0 Å². The van der Waals surface area contributed by atoms with Gasteiger partial charge < -0.3 is 19.0 Å². The SMILES string of the molecule is O=C(C1c2ccccc2Oc2ccccc21)N1CCN(c2ccc(-c3ccco3)nn2)CC1. The molecule has 0 bridgehead atoms. The van der Waals surface area contributed by atoms with Gasteiger partial charge in [0.05, 0.1) is 12.2 Å². The Balaban J connectivity index is 1.19. The van der Waals surface area contributed by atoms with E-state index in [2.05, 4.69) is 15.1 Å². The average molecular weight is 438 g/mol. The zero-order valence-electron chi connectivity index (χ0n) is 17.9. The number of fused-ring (bicyclic) bond motifs is 2. The Bertz CT molecular complexity index is 1230. The number of hydrogen-bond acceptors (Lipinski definition) is 6. The van der Waals surface area contributed by atoms with Crippen LogP contribution >= 0.6 is 0 Å². The topological polar surface area (TPSA) is 71.7 Å². The molecule has 0 radical (unpaired) electrons. The third kappa shape index (κ3) is 3.51. The molecule has 4 heterocycles. The lowest BCUT2D eigenvalue weighted by Crippen LogP contribution is -2.50. The normalized spacial score (nSPS) is 15.5. The molecule has 1 fully saturated rings. The monoisotopic (exact) mass is 438 g/mol. The third-order valence-corrected chi connectivity index (χ3v) is 6.27. The number of ether oxygens (including phenoxy) is 1. The molecular weight excluding hydrogens is 416 g/mol. The van der Waals surface area contributed by atoms with Crippen LogP contribution in [0, 0.1) is 0 Å². The standard InChI is InChI=1S/C26H22N4O3/c31-26(25-18-6-1-3-8-21(18)33-22-9-4-2-7-19(22)25)30-15-13-29(14-16-30)24-12-11-20(27-28-24)23-10-5-17-32-23/h1-12,17,25H,13-16H2. The minimum Gasteiger partial charge on any atom is -0.463 e. The average Bonchev–Trinajstić information content (AvgIpc) is 3.42. The molecule has 0 spiro atoms. The lowest BCUT2D eigenvalue weighted by molar-refractivity contribution is -0.132. The number of anilines is 1. The van der Waals surface area contributed by atoms with Crippen molar-refractivity contribution >= 4 is 11.7 Å². The van der Waals surface area contributed by atoms with Crippen LogP contribution in [0.2, 0.25) is 0 Å². The molecule has 2 aromatic carbocycles. The molecule has 6 rings (SSSR count). The van der Waals surface area contributed by atoms with E-state index in [1.54, 1.807) is 6.26 Å². The van der Waals surface area contributed by atoms with Gasteiger partial charge >= 0.3 is 0 Å². The van der Waals surface area contributed by atoms with Gasteiger partial charge in [-0.3, -0.25) is 4.79 Å². The number of furan rings is 1. The van der Waals surface area contributed by atoms with E-state index in [0.29, 0.717) is 37.6 Å². The number of piperazine rings is 1. The van der Waals surface area contributed by atoms with E-state index < -0.39 is 0 Å². The van der Waals surface area contributed by atoms with Gasteiger partial charge in [-0.15, -0.1) is 10.2 Å². The molecule has 7 nitrogen and oxygen atoms in total. The van der Waals surface area contributed by atoms with Crippen molar-refractivity contribution in [2.45, 2.75) is 5.92 Å². The smallest absolute Gasteiger partial charge is 0.234 e. The quantitative estimate of drug-likeness (QED) is 0.474. The number of hydrogen-bond donors (Lipinski definition) is 0. The largest absolute Gasteiger partial charge is 0.463 e. The van der Waals surface area contributed by atoms with Gasteiger partial charge in [0.1, 0.15) is 17.2 Å². The summed E-state index contributed by atoms with van der Waals surface area (Å²) in [5, 5.41) is 8.67. The fourth-order valence-corrected chi connectivity index (χ4v) is 4.56. The zero-order valence-corrected chi connectivity index (χ0v) is 17.9. The molecule has 1 saturated heterocycles. The number of nitrogens with zero attached hydrogens (tertiary/aromatic N) is 4. The van der Waals surface area contributed by atoms with Crippen molar-refractivity contribution in [2.75, 3.05) is 31.1 Å². The molecule has 2 aliphatic heterocycles. The maximum atomic E-state index is 13.7. The van der Waals surface area contributed by atoms with Crippen molar-refractivity contribution in [1.82, 2.24) is 15.1 Å². The molecule has 0 N–H and O–H groups in total. The number of amides is 1. The predicted molar refractivity (Wildman–Crippen MR) is 123 cm³/mol. The van der Waals surface area contributed by atoms with Crippen LogP contribution in [0.25, 0.3) is 11.5 Å². The summed E-state index contributed by atoms with van der Waals surface area (Å²) in [6.45, 7) is 2.66. The van der Waals surface area contributed by atoms with E-state index in [1.165, 1.54) is 0 Å². The molecule has 0 atom stereocenters. The lowest BCUT2D eigenvalue weighted by Gasteiger charge is -2.38. The molecular formula is C26H22N4O3. The highest BCUT2D eigenvalue weighted by atomic mass is 16.5. The second-order valence-corrected chi connectivity index (χ2v) is 8.18. The van der Waals surface area contributed by atoms with Crippen LogP contribution in [-0.4, -0.2) is 47.2 Å². The maximum Gasteiger partial charge on any atom is 0.234 e. The molecule has 7 heteroatoms. The number of benzene rings is 2. The fourth-order valence-electron chi connectivity index (χ4n) is 4.56. The van der Waals surface area contributed by atoms with Gasteiger partial charge in [0, 0.05) is 37.3 Å². The molecule has 4 aromatic rings. The van der Waals surface area contributed by atoms with Crippen LogP contribution in [0.1, 0.15) is 17.0 Å². The zero-order chi connectivity index (χ0) is 22.2. The van der Waals surface area contributed by atoms with E-state index in [0.717, 1.165) is 28.4 Å². The first kappa shape index (κ1) is 19.5. The minimum absolute atomic E-state index is 0.108. The van der Waals surface area contributed by atoms with Crippen molar-refractivity contribution < 1.29 is 13.9 Å². The Hall–Kier alpha value is -4.13. The van der Waals surface area contributed by atoms with Crippen molar-refractivity contribution in [3.63, 3.8) is 0 Å². The molecule has 0 unspecified atom stereocenters. The number of carbonyl (C=O) groups excluding carboxylic acids is 1. The molecule has 2 aromatic heterocycles. The molecule has 1 amide bonds. The number of carbonyl (C=O) groups is 1. The number of para-hydroxylation sites is 2. The number of rotatable bonds is 3. The second kappa shape index (κ2) is 8.09. The third-order valence-electron chi connectivity index (χ3n) is 6.27. The molecule has 164 valence electrons. The van der Waals surface area contributed by atoms with Gasteiger partial charge in [-0.1, -0.05) is 36.4 Å². The molecule has 33 heavy (non-hydrogen) atoms. The van der Waals surface area contributed by atoms with Gasteiger partial charge in [0.15, 0.2) is 11.6 Å². The summed E-state index contributed by atoms with van der Waals surface area (Å²) in [7, 11) is 0. The van der Waals surface area contributed by atoms with Crippen LogP contribution in [0.4, 0.5) is 5.82 Å². The van der Waals surface area contributed by atoms with Crippen LogP contribution in [0.3, 0.4) is 0 Å². The van der Waals surface area contributed by atoms with Crippen molar-refractivity contribution in [1.29, 1.82) is 0 Å². The van der Waals surface area contributed by atoms with Crippen LogP contribution in [0.15, 0.2) is 83.5 Å². The van der Waals surface area contributed by atoms with E-state index in [1.807, 2.05) is 77.7 Å². The first-order valence-corrected chi connectivity index (χ1v) is 11.0. The van der Waals surface area contributed by atoms with Gasteiger partial charge in [-0.2, -0.15) is 0 Å². The Morgan fingerprint density at radius 1 is 0.788 bits per heavy atom. The summed E-state index contributed by atoms with van der Waals surface area (Å²) in [6.07, 6.45) is 1.62. The van der Waals surface area contributed by atoms with Crippen molar-refractivity contribution in [3.8, 4) is 23.0 Å². The Morgan fingerprint density at radius 2 is 1.48 bits per heavy atom. The van der Waals surface area contributed by atoms with Gasteiger partial charge in [-0.25, -0.2) is 0 Å². The van der Waals surface area contributed by atoms with E-state index >= 15 is 0 Å². The number of aromatic nitrogens is 2. The molecule has 0 saturated carbocycles. The summed E-state index contributed by atoms with van der Waals surface area (Å²) in [6, 6.07) is 23.2. The van der Waals surface area contributed by atoms with E-state index in [-0.39, 0.29) is 11.8 Å². The lowest BCUT2D eigenvalue weighted by atomic mass is 9.86. The van der Waals surface area contributed by atoms with Crippen LogP contribution < -0.4 is 9.64 Å². The van der Waals surface area contributed by atoms with Crippen LogP contribution in [0.5, 0.6) is 11.5 Å². The summed E-state index contributed by atoms with van der Waals surface area (Å²) >= 11 is 0. The van der Waals surface area contributed by atoms with Crippen LogP contribution in [-0.2, 0) is 4.79 Å². The van der Waals surface area contributed by atoms with E-state index in [4.69, 9.17) is 9.15 Å². The predicted octanol–water partition coefficient (Wildman–Crippen LogP) is 4.32. The summed E-state index contributed by atoms with van der Waals surface area (Å²) in [4.78, 5) is 17.8. The van der Waals surface area contributed by atoms with Gasteiger partial charge in [0.25, 0.3) is 0 Å². The highest BCUT2D eigenvalue weighted by Gasteiger charge is 2.36. The maximum absolute atomic E-state index is 13.7. The second-order valence-electron chi connectivity index (χ2n) is 8.18. The minimum atomic E-state index is -0.356. The van der Waals surface area contributed by atoms with Crippen molar-refractivity contribution in [3.05, 3.63) is 90.2 Å². The highest BCUT2D eigenvalue weighted by molar-refractivity contribution is 5.90.